The van der Waals surface area contributed by atoms with E-state index in [1.165, 1.54) is 0 Å². The van der Waals surface area contributed by atoms with Crippen LogP contribution in [-0.2, 0) is 0 Å². The van der Waals surface area contributed by atoms with Crippen molar-refractivity contribution in [3.05, 3.63) is 34.9 Å². The van der Waals surface area contributed by atoms with Gasteiger partial charge in [-0.2, -0.15) is 5.10 Å². The van der Waals surface area contributed by atoms with Gasteiger partial charge in [0.1, 0.15) is 0 Å². The highest BCUT2D eigenvalue weighted by molar-refractivity contribution is 7.80. The Morgan fingerprint density at radius 1 is 1.44 bits per heavy atom. The van der Waals surface area contributed by atoms with Crippen molar-refractivity contribution in [3.8, 4) is 0 Å². The molecule has 0 atom stereocenters. The Labute approximate surface area is 106 Å². The zero-order valence-corrected chi connectivity index (χ0v) is 10.8. The summed E-state index contributed by atoms with van der Waals surface area (Å²) in [6.45, 7) is 4.01. The second-order valence-electron chi connectivity index (χ2n) is 3.52. The Bertz CT molecular complexity index is 391. The molecule has 0 amide bonds. The highest BCUT2D eigenvalue weighted by Crippen LogP contribution is 2.11. The number of hydrogen-bond donors (Lipinski definition) is 2. The molecule has 1 aromatic carbocycles. The number of hydrazone groups is 1. The third-order valence-electron chi connectivity index (χ3n) is 1.69. The zero-order chi connectivity index (χ0) is 12.0. The van der Waals surface area contributed by atoms with E-state index in [2.05, 4.69) is 15.8 Å². The first-order chi connectivity index (χ1) is 7.59. The summed E-state index contributed by atoms with van der Waals surface area (Å²) in [7, 11) is 0. The van der Waals surface area contributed by atoms with Crippen LogP contribution in [0.15, 0.2) is 29.4 Å². The van der Waals surface area contributed by atoms with Crippen molar-refractivity contribution in [2.24, 2.45) is 5.10 Å². The van der Waals surface area contributed by atoms with Crippen LogP contribution in [0.1, 0.15) is 19.4 Å². The molecule has 0 radical (unpaired) electrons. The molecule has 0 heterocycles. The molecular weight excluding hydrogens is 242 g/mol. The number of benzene rings is 1. The molecule has 86 valence electrons. The summed E-state index contributed by atoms with van der Waals surface area (Å²) >= 11 is 11.0. The molecule has 0 aliphatic heterocycles. The van der Waals surface area contributed by atoms with Gasteiger partial charge in [0.2, 0.25) is 0 Å². The third-order valence-corrected chi connectivity index (χ3v) is 2.25. The summed E-state index contributed by atoms with van der Waals surface area (Å²) in [6.07, 6.45) is 1.64. The number of hydrogen-bond acceptors (Lipinski definition) is 2. The minimum absolute atomic E-state index is 0.288. The Hall–Kier alpha value is -1.13. The van der Waals surface area contributed by atoms with E-state index in [4.69, 9.17) is 23.8 Å². The predicted octanol–water partition coefficient (Wildman–Crippen LogP) is 2.55. The highest BCUT2D eigenvalue weighted by Gasteiger charge is 1.96. The van der Waals surface area contributed by atoms with Gasteiger partial charge in [0.25, 0.3) is 0 Å². The molecular formula is C11H14ClN3S. The number of nitrogens with zero attached hydrogens (tertiary/aromatic N) is 1. The topological polar surface area (TPSA) is 36.4 Å². The fourth-order valence-corrected chi connectivity index (χ4v) is 1.51. The van der Waals surface area contributed by atoms with E-state index >= 15 is 0 Å². The van der Waals surface area contributed by atoms with Gasteiger partial charge in [-0.1, -0.05) is 29.8 Å². The van der Waals surface area contributed by atoms with Gasteiger partial charge in [-0.15, -0.1) is 0 Å². The lowest BCUT2D eigenvalue weighted by Crippen LogP contribution is -2.36. The van der Waals surface area contributed by atoms with Crippen molar-refractivity contribution in [1.82, 2.24) is 10.7 Å². The van der Waals surface area contributed by atoms with E-state index in [1.54, 1.807) is 6.21 Å². The van der Waals surface area contributed by atoms with Crippen LogP contribution >= 0.6 is 23.8 Å². The van der Waals surface area contributed by atoms with Crippen LogP contribution in [0, 0.1) is 0 Å². The summed E-state index contributed by atoms with van der Waals surface area (Å²) < 4.78 is 0. The van der Waals surface area contributed by atoms with Gasteiger partial charge in [0.05, 0.1) is 6.21 Å². The molecule has 0 bridgehead atoms. The second kappa shape index (κ2) is 6.45. The first-order valence-corrected chi connectivity index (χ1v) is 5.72. The van der Waals surface area contributed by atoms with Crippen molar-refractivity contribution in [1.29, 1.82) is 0 Å². The van der Waals surface area contributed by atoms with Crippen LogP contribution in [-0.4, -0.2) is 17.4 Å². The zero-order valence-electron chi connectivity index (χ0n) is 9.20. The van der Waals surface area contributed by atoms with Crippen molar-refractivity contribution in [2.75, 3.05) is 0 Å². The lowest BCUT2D eigenvalue weighted by Gasteiger charge is -2.09. The quantitative estimate of drug-likeness (QED) is 0.495. The van der Waals surface area contributed by atoms with Crippen LogP contribution in [0.5, 0.6) is 0 Å². The monoisotopic (exact) mass is 255 g/mol. The molecule has 0 saturated carbocycles. The van der Waals surface area contributed by atoms with Crippen molar-refractivity contribution in [2.45, 2.75) is 19.9 Å². The third kappa shape index (κ3) is 4.59. The Kier molecular flexibility index (Phi) is 5.22. The molecule has 0 fully saturated rings. The van der Waals surface area contributed by atoms with E-state index in [0.717, 1.165) is 5.56 Å². The fraction of sp³-hybridized carbons (Fsp3) is 0.273. The average molecular weight is 256 g/mol. The first kappa shape index (κ1) is 12.9. The lowest BCUT2D eigenvalue weighted by atomic mass is 10.2. The highest BCUT2D eigenvalue weighted by atomic mass is 35.5. The van der Waals surface area contributed by atoms with Crippen LogP contribution in [0.3, 0.4) is 0 Å². The Morgan fingerprint density at radius 3 is 2.75 bits per heavy atom. The molecule has 0 aliphatic carbocycles. The Balaban J connectivity index is 2.49. The van der Waals surface area contributed by atoms with Gasteiger partial charge < -0.3 is 5.32 Å². The molecule has 0 aliphatic rings. The molecule has 1 rings (SSSR count). The van der Waals surface area contributed by atoms with Crippen molar-refractivity contribution in [3.63, 3.8) is 0 Å². The summed E-state index contributed by atoms with van der Waals surface area (Å²) in [5.74, 6) is 0. The molecule has 0 saturated heterocycles. The SMILES string of the molecule is CC(C)NC(=S)NN=Cc1ccccc1Cl. The van der Waals surface area contributed by atoms with Gasteiger partial charge in [0.15, 0.2) is 5.11 Å². The average Bonchev–Trinajstić information content (AvgIpc) is 2.19. The summed E-state index contributed by atoms with van der Waals surface area (Å²) in [6, 6.07) is 7.76. The van der Waals surface area contributed by atoms with Crippen LogP contribution < -0.4 is 10.7 Å². The smallest absolute Gasteiger partial charge is 0.187 e. The molecule has 0 aromatic heterocycles. The molecule has 5 heteroatoms. The molecule has 3 nitrogen and oxygen atoms in total. The number of nitrogens with one attached hydrogen (secondary N) is 2. The van der Waals surface area contributed by atoms with Crippen LogP contribution in [0.4, 0.5) is 0 Å². The lowest BCUT2D eigenvalue weighted by molar-refractivity contribution is 0.720. The maximum Gasteiger partial charge on any atom is 0.187 e. The number of rotatable bonds is 3. The minimum Gasteiger partial charge on any atom is -0.359 e. The maximum absolute atomic E-state index is 5.96. The normalized spacial score (nSPS) is 10.8. The maximum atomic E-state index is 5.96. The molecule has 2 N–H and O–H groups in total. The first-order valence-electron chi connectivity index (χ1n) is 4.93. The van der Waals surface area contributed by atoms with Crippen LogP contribution in [0.2, 0.25) is 5.02 Å². The van der Waals surface area contributed by atoms with E-state index in [-0.39, 0.29) is 6.04 Å². The number of halogens is 1. The van der Waals surface area contributed by atoms with E-state index < -0.39 is 0 Å². The van der Waals surface area contributed by atoms with Crippen molar-refractivity contribution < 1.29 is 0 Å². The van der Waals surface area contributed by atoms with Gasteiger partial charge in [-0.25, -0.2) is 0 Å². The summed E-state index contributed by atoms with van der Waals surface area (Å²) in [4.78, 5) is 0. The molecule has 0 unspecified atom stereocenters. The molecule has 1 aromatic rings. The van der Waals surface area contributed by atoms with Gasteiger partial charge in [-0.3, -0.25) is 5.43 Å². The number of thiocarbonyl (C=S) groups is 1. The standard InChI is InChI=1S/C11H14ClN3S/c1-8(2)14-11(16)15-13-7-9-5-3-4-6-10(9)12/h3-8H,1-2H3,(H2,14,15,16). The minimum atomic E-state index is 0.288. The summed E-state index contributed by atoms with van der Waals surface area (Å²) in [5, 5.41) is 8.17. The van der Waals surface area contributed by atoms with E-state index in [0.29, 0.717) is 10.1 Å². The fourth-order valence-electron chi connectivity index (χ4n) is 1.03. The predicted molar refractivity (Wildman–Crippen MR) is 73.1 cm³/mol. The van der Waals surface area contributed by atoms with Gasteiger partial charge >= 0.3 is 0 Å². The largest absolute Gasteiger partial charge is 0.359 e. The van der Waals surface area contributed by atoms with E-state index in [9.17, 15) is 0 Å². The summed E-state index contributed by atoms with van der Waals surface area (Å²) in [5.41, 5.74) is 3.57. The molecule has 16 heavy (non-hydrogen) atoms. The molecule has 0 spiro atoms. The second-order valence-corrected chi connectivity index (χ2v) is 4.34. The van der Waals surface area contributed by atoms with Crippen molar-refractivity contribution >= 4 is 35.1 Å². The van der Waals surface area contributed by atoms with Gasteiger partial charge in [0, 0.05) is 16.6 Å². The van der Waals surface area contributed by atoms with Gasteiger partial charge in [-0.05, 0) is 32.1 Å². The van der Waals surface area contributed by atoms with E-state index in [1.807, 2.05) is 38.1 Å². The van der Waals surface area contributed by atoms with Crippen LogP contribution in [0.25, 0.3) is 0 Å². The Morgan fingerprint density at radius 2 is 2.12 bits per heavy atom.